The average Bonchev–Trinajstić information content (AvgIpc) is 2.62. The van der Waals surface area contributed by atoms with Crippen LogP contribution in [0.1, 0.15) is 43.2 Å². The van der Waals surface area contributed by atoms with Gasteiger partial charge in [-0.1, -0.05) is 61.7 Å². The van der Waals surface area contributed by atoms with Gasteiger partial charge in [-0.2, -0.15) is 0 Å². The molecule has 0 aromatic heterocycles. The standard InChI is InChI=1S/C21H26N2O/c1-17-9-8-12-19(15-17)23-20(24)22-16-21(13-6-3-7-14-21)18-10-4-2-5-11-18/h2,4-5,8-12,15H,3,6-7,13-14,16H2,1H3,(H2,22,23,24). The molecule has 126 valence electrons. The van der Waals surface area contributed by atoms with Gasteiger partial charge < -0.3 is 10.6 Å². The second-order valence-corrected chi connectivity index (χ2v) is 6.88. The lowest BCUT2D eigenvalue weighted by Gasteiger charge is -2.38. The van der Waals surface area contributed by atoms with Crippen LogP contribution in [-0.2, 0) is 5.41 Å². The van der Waals surface area contributed by atoms with E-state index in [0.717, 1.165) is 24.1 Å². The Morgan fingerprint density at radius 2 is 1.75 bits per heavy atom. The molecule has 0 saturated heterocycles. The van der Waals surface area contributed by atoms with Crippen LogP contribution in [0.25, 0.3) is 0 Å². The number of anilines is 1. The van der Waals surface area contributed by atoms with Crippen LogP contribution in [-0.4, -0.2) is 12.6 Å². The third-order valence-electron chi connectivity index (χ3n) is 5.06. The molecule has 0 radical (unpaired) electrons. The first-order valence-electron chi connectivity index (χ1n) is 8.85. The summed E-state index contributed by atoms with van der Waals surface area (Å²) in [5, 5.41) is 6.05. The van der Waals surface area contributed by atoms with Crippen molar-refractivity contribution in [1.29, 1.82) is 0 Å². The van der Waals surface area contributed by atoms with E-state index in [0.29, 0.717) is 6.54 Å². The molecule has 1 fully saturated rings. The van der Waals surface area contributed by atoms with E-state index in [2.05, 4.69) is 41.0 Å². The highest BCUT2D eigenvalue weighted by molar-refractivity contribution is 5.89. The lowest BCUT2D eigenvalue weighted by Crippen LogP contribution is -2.43. The van der Waals surface area contributed by atoms with E-state index in [1.165, 1.54) is 24.8 Å². The summed E-state index contributed by atoms with van der Waals surface area (Å²) < 4.78 is 0. The van der Waals surface area contributed by atoms with Gasteiger partial charge in [-0.3, -0.25) is 0 Å². The van der Waals surface area contributed by atoms with Gasteiger partial charge in [0, 0.05) is 17.6 Å². The summed E-state index contributed by atoms with van der Waals surface area (Å²) in [4.78, 5) is 12.3. The molecule has 3 nitrogen and oxygen atoms in total. The van der Waals surface area contributed by atoms with Crippen LogP contribution < -0.4 is 10.6 Å². The second-order valence-electron chi connectivity index (χ2n) is 6.88. The number of aryl methyl sites for hydroxylation is 1. The molecule has 24 heavy (non-hydrogen) atoms. The molecule has 0 spiro atoms. The zero-order valence-electron chi connectivity index (χ0n) is 14.3. The first kappa shape index (κ1) is 16.6. The maximum absolute atomic E-state index is 12.3. The van der Waals surface area contributed by atoms with Crippen molar-refractivity contribution < 1.29 is 4.79 Å². The largest absolute Gasteiger partial charge is 0.337 e. The minimum Gasteiger partial charge on any atom is -0.337 e. The molecule has 0 bridgehead atoms. The van der Waals surface area contributed by atoms with Gasteiger partial charge in [0.2, 0.25) is 0 Å². The van der Waals surface area contributed by atoms with Gasteiger partial charge in [-0.15, -0.1) is 0 Å². The lowest BCUT2D eigenvalue weighted by molar-refractivity contribution is 0.240. The first-order chi connectivity index (χ1) is 11.7. The van der Waals surface area contributed by atoms with Crippen molar-refractivity contribution in [1.82, 2.24) is 5.32 Å². The Balaban J connectivity index is 1.66. The molecular weight excluding hydrogens is 296 g/mol. The molecule has 3 rings (SSSR count). The fourth-order valence-electron chi connectivity index (χ4n) is 3.74. The SMILES string of the molecule is Cc1cccc(NC(=O)NCC2(c3ccccc3)CCCCC2)c1. The zero-order valence-corrected chi connectivity index (χ0v) is 14.3. The minimum absolute atomic E-state index is 0.0729. The van der Waals surface area contributed by atoms with Crippen LogP contribution in [0.5, 0.6) is 0 Å². The lowest BCUT2D eigenvalue weighted by atomic mass is 9.69. The van der Waals surface area contributed by atoms with Gasteiger partial charge >= 0.3 is 6.03 Å². The first-order valence-corrected chi connectivity index (χ1v) is 8.85. The van der Waals surface area contributed by atoms with Crippen molar-refractivity contribution in [3.63, 3.8) is 0 Å². The molecule has 2 aromatic rings. The summed E-state index contributed by atoms with van der Waals surface area (Å²) in [5.41, 5.74) is 3.40. The topological polar surface area (TPSA) is 41.1 Å². The zero-order chi connectivity index (χ0) is 16.8. The molecule has 3 heteroatoms. The third kappa shape index (κ3) is 3.97. The molecule has 2 N–H and O–H groups in total. The highest BCUT2D eigenvalue weighted by atomic mass is 16.2. The Bertz CT molecular complexity index is 675. The monoisotopic (exact) mass is 322 g/mol. The van der Waals surface area contributed by atoms with Crippen LogP contribution in [0.4, 0.5) is 10.5 Å². The molecule has 0 atom stereocenters. The Hall–Kier alpha value is -2.29. The van der Waals surface area contributed by atoms with Crippen molar-refractivity contribution in [2.75, 3.05) is 11.9 Å². The van der Waals surface area contributed by atoms with Crippen molar-refractivity contribution in [3.05, 3.63) is 65.7 Å². The van der Waals surface area contributed by atoms with Crippen LogP contribution in [0, 0.1) is 6.92 Å². The second kappa shape index (κ2) is 7.52. The summed E-state index contributed by atoms with van der Waals surface area (Å²) in [7, 11) is 0. The van der Waals surface area contributed by atoms with Gasteiger partial charge in [0.1, 0.15) is 0 Å². The van der Waals surface area contributed by atoms with Crippen LogP contribution in [0.3, 0.4) is 0 Å². The normalized spacial score (nSPS) is 16.4. The van der Waals surface area contributed by atoms with Crippen LogP contribution in [0.15, 0.2) is 54.6 Å². The molecule has 1 saturated carbocycles. The number of benzene rings is 2. The van der Waals surface area contributed by atoms with Crippen LogP contribution >= 0.6 is 0 Å². The highest BCUT2D eigenvalue weighted by Gasteiger charge is 2.34. The summed E-state index contributed by atoms with van der Waals surface area (Å²) in [6, 6.07) is 18.4. The maximum atomic E-state index is 12.3. The number of carbonyl (C=O) groups excluding carboxylic acids is 1. The highest BCUT2D eigenvalue weighted by Crippen LogP contribution is 2.38. The number of nitrogens with one attached hydrogen (secondary N) is 2. The van der Waals surface area contributed by atoms with Gasteiger partial charge in [-0.05, 0) is 43.0 Å². The van der Waals surface area contributed by atoms with Crippen LogP contribution in [0.2, 0.25) is 0 Å². The predicted octanol–water partition coefficient (Wildman–Crippen LogP) is 5.02. The third-order valence-corrected chi connectivity index (χ3v) is 5.06. The fourth-order valence-corrected chi connectivity index (χ4v) is 3.74. The number of rotatable bonds is 4. The van der Waals surface area contributed by atoms with Crippen molar-refractivity contribution in [2.45, 2.75) is 44.4 Å². The van der Waals surface area contributed by atoms with E-state index in [-0.39, 0.29) is 11.4 Å². The van der Waals surface area contributed by atoms with Gasteiger partial charge in [-0.25, -0.2) is 4.79 Å². The fraction of sp³-hybridized carbons (Fsp3) is 0.381. The average molecular weight is 322 g/mol. The van der Waals surface area contributed by atoms with Crippen molar-refractivity contribution >= 4 is 11.7 Å². The molecular formula is C21H26N2O. The quantitative estimate of drug-likeness (QED) is 0.815. The summed E-state index contributed by atoms with van der Waals surface area (Å²) in [6.07, 6.45) is 6.04. The summed E-state index contributed by atoms with van der Waals surface area (Å²) in [5.74, 6) is 0. The van der Waals surface area contributed by atoms with Gasteiger partial charge in [0.15, 0.2) is 0 Å². The molecule has 1 aliphatic rings. The summed E-state index contributed by atoms with van der Waals surface area (Å²) >= 11 is 0. The number of hydrogen-bond donors (Lipinski definition) is 2. The molecule has 1 aliphatic carbocycles. The Kier molecular flexibility index (Phi) is 5.19. The smallest absolute Gasteiger partial charge is 0.319 e. The van der Waals surface area contributed by atoms with E-state index in [9.17, 15) is 4.79 Å². The minimum atomic E-state index is -0.124. The Morgan fingerprint density at radius 1 is 1.00 bits per heavy atom. The van der Waals surface area contributed by atoms with Crippen molar-refractivity contribution in [3.8, 4) is 0 Å². The van der Waals surface area contributed by atoms with Gasteiger partial charge in [0.05, 0.1) is 0 Å². The molecule has 2 amide bonds. The number of carbonyl (C=O) groups is 1. The van der Waals surface area contributed by atoms with Crippen molar-refractivity contribution in [2.24, 2.45) is 0 Å². The Morgan fingerprint density at radius 3 is 2.46 bits per heavy atom. The van der Waals surface area contributed by atoms with E-state index in [4.69, 9.17) is 0 Å². The van der Waals surface area contributed by atoms with E-state index >= 15 is 0 Å². The van der Waals surface area contributed by atoms with E-state index < -0.39 is 0 Å². The summed E-state index contributed by atoms with van der Waals surface area (Å²) in [6.45, 7) is 2.71. The number of amides is 2. The Labute approximate surface area is 144 Å². The number of urea groups is 1. The van der Waals surface area contributed by atoms with E-state index in [1.54, 1.807) is 0 Å². The molecule has 0 unspecified atom stereocenters. The number of hydrogen-bond acceptors (Lipinski definition) is 1. The van der Waals surface area contributed by atoms with Gasteiger partial charge in [0.25, 0.3) is 0 Å². The molecule has 2 aromatic carbocycles. The molecule has 0 aliphatic heterocycles. The van der Waals surface area contributed by atoms with E-state index in [1.807, 2.05) is 31.2 Å². The maximum Gasteiger partial charge on any atom is 0.319 e. The predicted molar refractivity (Wildman–Crippen MR) is 99.4 cm³/mol. The molecule has 0 heterocycles.